The minimum Gasteiger partial charge on any atom is -0.493 e. The molecule has 1 N–H and O–H groups in total. The number of ether oxygens (including phenoxy) is 2. The Bertz CT molecular complexity index is 333. The summed E-state index contributed by atoms with van der Waals surface area (Å²) in [6.45, 7) is 5.80. The first-order chi connectivity index (χ1) is 9.80. The molecule has 3 nitrogen and oxygen atoms in total. The summed E-state index contributed by atoms with van der Waals surface area (Å²) >= 11 is 0. The summed E-state index contributed by atoms with van der Waals surface area (Å²) in [5.41, 5.74) is 0.837. The van der Waals surface area contributed by atoms with Crippen LogP contribution in [0.2, 0.25) is 0 Å². The van der Waals surface area contributed by atoms with Crippen molar-refractivity contribution in [3.05, 3.63) is 23.8 Å². The molecule has 20 heavy (non-hydrogen) atoms. The Morgan fingerprint density at radius 1 is 0.800 bits per heavy atom. The molecule has 0 fully saturated rings. The molecule has 1 aromatic rings. The molecular formula is C17H28O3. The molecule has 0 aliphatic rings. The largest absolute Gasteiger partial charge is 0.493 e. The zero-order valence-corrected chi connectivity index (χ0v) is 12.9. The zero-order chi connectivity index (χ0) is 14.6. The molecule has 0 unspecified atom stereocenters. The van der Waals surface area contributed by atoms with Crippen LogP contribution in [0.5, 0.6) is 11.5 Å². The molecule has 0 spiro atoms. The molecule has 0 radical (unpaired) electrons. The number of rotatable bonds is 11. The second-order valence-electron chi connectivity index (χ2n) is 5.08. The van der Waals surface area contributed by atoms with Gasteiger partial charge in [0.25, 0.3) is 0 Å². The van der Waals surface area contributed by atoms with E-state index >= 15 is 0 Å². The Balaban J connectivity index is 2.51. The molecule has 0 bridgehead atoms. The van der Waals surface area contributed by atoms with Crippen molar-refractivity contribution in [1.82, 2.24) is 0 Å². The first-order valence-corrected chi connectivity index (χ1v) is 7.80. The van der Waals surface area contributed by atoms with E-state index in [4.69, 9.17) is 9.47 Å². The summed E-state index contributed by atoms with van der Waals surface area (Å²) in [4.78, 5) is 0. The minimum absolute atomic E-state index is 0.0114. The lowest BCUT2D eigenvalue weighted by molar-refractivity contribution is 0.272. The van der Waals surface area contributed by atoms with Gasteiger partial charge in [-0.3, -0.25) is 0 Å². The van der Waals surface area contributed by atoms with Crippen molar-refractivity contribution >= 4 is 0 Å². The van der Waals surface area contributed by atoms with Crippen LogP contribution in [0, 0.1) is 0 Å². The van der Waals surface area contributed by atoms with E-state index in [1.807, 2.05) is 18.2 Å². The van der Waals surface area contributed by atoms with E-state index in [0.717, 1.165) is 43.1 Å². The fourth-order valence-corrected chi connectivity index (χ4v) is 1.97. The molecule has 3 heteroatoms. The normalized spacial score (nSPS) is 10.6. The predicted molar refractivity (Wildman–Crippen MR) is 82.4 cm³/mol. The van der Waals surface area contributed by atoms with Crippen molar-refractivity contribution in [2.45, 2.75) is 59.0 Å². The minimum atomic E-state index is 0.0114. The van der Waals surface area contributed by atoms with Crippen LogP contribution in [0.1, 0.15) is 57.9 Å². The van der Waals surface area contributed by atoms with E-state index in [-0.39, 0.29) is 6.61 Å². The zero-order valence-electron chi connectivity index (χ0n) is 12.9. The van der Waals surface area contributed by atoms with Gasteiger partial charge in [-0.15, -0.1) is 0 Å². The third-order valence-electron chi connectivity index (χ3n) is 3.16. The van der Waals surface area contributed by atoms with Gasteiger partial charge in [0.2, 0.25) is 0 Å². The van der Waals surface area contributed by atoms with Gasteiger partial charge in [0.05, 0.1) is 19.8 Å². The van der Waals surface area contributed by atoms with E-state index in [1.54, 1.807) is 0 Å². The smallest absolute Gasteiger partial charge is 0.123 e. The molecule has 0 saturated heterocycles. The highest BCUT2D eigenvalue weighted by Gasteiger charge is 2.03. The van der Waals surface area contributed by atoms with Crippen LogP contribution < -0.4 is 9.47 Å². The summed E-state index contributed by atoms with van der Waals surface area (Å²) in [6.07, 6.45) is 6.86. The van der Waals surface area contributed by atoms with E-state index in [1.165, 1.54) is 25.7 Å². The van der Waals surface area contributed by atoms with Gasteiger partial charge in [0, 0.05) is 6.07 Å². The van der Waals surface area contributed by atoms with Crippen molar-refractivity contribution in [2.24, 2.45) is 0 Å². The molecule has 114 valence electrons. The topological polar surface area (TPSA) is 38.7 Å². The van der Waals surface area contributed by atoms with E-state index < -0.39 is 0 Å². The number of hydrogen-bond acceptors (Lipinski definition) is 3. The fraction of sp³-hybridized carbons (Fsp3) is 0.647. The Labute approximate surface area is 122 Å². The average Bonchev–Trinajstić information content (AvgIpc) is 2.48. The highest BCUT2D eigenvalue weighted by atomic mass is 16.5. The second-order valence-corrected chi connectivity index (χ2v) is 5.08. The number of aliphatic hydroxyl groups excluding tert-OH is 1. The summed E-state index contributed by atoms with van der Waals surface area (Å²) in [6, 6.07) is 5.67. The summed E-state index contributed by atoms with van der Waals surface area (Å²) in [5.74, 6) is 1.58. The van der Waals surface area contributed by atoms with Gasteiger partial charge in [-0.1, -0.05) is 39.5 Å². The van der Waals surface area contributed by atoms with Crippen LogP contribution >= 0.6 is 0 Å². The third kappa shape index (κ3) is 6.80. The van der Waals surface area contributed by atoms with Crippen LogP contribution in [0.3, 0.4) is 0 Å². The van der Waals surface area contributed by atoms with Gasteiger partial charge in [-0.25, -0.2) is 0 Å². The number of aliphatic hydroxyl groups is 1. The molecular weight excluding hydrogens is 252 g/mol. The van der Waals surface area contributed by atoms with E-state index in [2.05, 4.69) is 13.8 Å². The maximum Gasteiger partial charge on any atom is 0.123 e. The highest BCUT2D eigenvalue weighted by Crippen LogP contribution is 2.23. The van der Waals surface area contributed by atoms with Gasteiger partial charge in [0.1, 0.15) is 11.5 Å². The molecule has 0 amide bonds. The van der Waals surface area contributed by atoms with Crippen molar-refractivity contribution in [2.75, 3.05) is 13.2 Å². The quantitative estimate of drug-likeness (QED) is 0.614. The van der Waals surface area contributed by atoms with Crippen molar-refractivity contribution in [1.29, 1.82) is 0 Å². The van der Waals surface area contributed by atoms with Gasteiger partial charge < -0.3 is 14.6 Å². The molecule has 0 aliphatic carbocycles. The first kappa shape index (κ1) is 16.8. The lowest BCUT2D eigenvalue weighted by Gasteiger charge is -2.11. The summed E-state index contributed by atoms with van der Waals surface area (Å²) in [5, 5.41) is 9.29. The van der Waals surface area contributed by atoms with Gasteiger partial charge >= 0.3 is 0 Å². The van der Waals surface area contributed by atoms with Crippen molar-refractivity contribution in [3.8, 4) is 11.5 Å². The van der Waals surface area contributed by atoms with Crippen molar-refractivity contribution in [3.63, 3.8) is 0 Å². The van der Waals surface area contributed by atoms with Crippen LogP contribution in [0.25, 0.3) is 0 Å². The lowest BCUT2D eigenvalue weighted by Crippen LogP contribution is -2.01. The molecule has 0 atom stereocenters. The number of hydrogen-bond donors (Lipinski definition) is 1. The summed E-state index contributed by atoms with van der Waals surface area (Å²) < 4.78 is 11.5. The SMILES string of the molecule is CCCCCOc1cc(CO)cc(OCCCCC)c1. The maximum atomic E-state index is 9.29. The van der Waals surface area contributed by atoms with E-state index in [9.17, 15) is 5.11 Å². The van der Waals surface area contributed by atoms with Crippen LogP contribution in [0.15, 0.2) is 18.2 Å². The molecule has 1 rings (SSSR count). The molecule has 0 saturated carbocycles. The van der Waals surface area contributed by atoms with Crippen LogP contribution in [0.4, 0.5) is 0 Å². The third-order valence-corrected chi connectivity index (χ3v) is 3.16. The fourth-order valence-electron chi connectivity index (χ4n) is 1.97. The monoisotopic (exact) mass is 280 g/mol. The van der Waals surface area contributed by atoms with Crippen LogP contribution in [-0.2, 0) is 6.61 Å². The number of unbranched alkanes of at least 4 members (excludes halogenated alkanes) is 4. The Morgan fingerprint density at radius 3 is 1.70 bits per heavy atom. The summed E-state index contributed by atoms with van der Waals surface area (Å²) in [7, 11) is 0. The Kier molecular flexibility index (Phi) is 8.88. The Hall–Kier alpha value is -1.22. The molecule has 0 heterocycles. The lowest BCUT2D eigenvalue weighted by atomic mass is 10.2. The molecule has 0 aromatic heterocycles. The highest BCUT2D eigenvalue weighted by molar-refractivity contribution is 5.38. The average molecular weight is 280 g/mol. The van der Waals surface area contributed by atoms with Crippen molar-refractivity contribution < 1.29 is 14.6 Å². The standard InChI is InChI=1S/C17H28O3/c1-3-5-7-9-19-16-11-15(14-18)12-17(13-16)20-10-8-6-4-2/h11-13,18H,3-10,14H2,1-2H3. The predicted octanol–water partition coefficient (Wildman–Crippen LogP) is 4.32. The van der Waals surface area contributed by atoms with Gasteiger partial charge in [-0.05, 0) is 30.5 Å². The second kappa shape index (κ2) is 10.6. The maximum absolute atomic E-state index is 9.29. The Morgan fingerprint density at radius 2 is 1.30 bits per heavy atom. The van der Waals surface area contributed by atoms with Crippen LogP contribution in [-0.4, -0.2) is 18.3 Å². The first-order valence-electron chi connectivity index (χ1n) is 7.80. The molecule has 0 aliphatic heterocycles. The van der Waals surface area contributed by atoms with Gasteiger partial charge in [0.15, 0.2) is 0 Å². The molecule has 1 aromatic carbocycles. The van der Waals surface area contributed by atoms with Gasteiger partial charge in [-0.2, -0.15) is 0 Å². The number of benzene rings is 1. The van der Waals surface area contributed by atoms with E-state index in [0.29, 0.717) is 0 Å².